The molecule has 1 spiro atoms. The number of fused-ring (bicyclic) bond motifs is 17. The Balaban J connectivity index is 0.800. The van der Waals surface area contributed by atoms with Crippen molar-refractivity contribution in [2.24, 2.45) is 23.7 Å². The van der Waals surface area contributed by atoms with E-state index in [-0.39, 0.29) is 19.5 Å². The number of rotatable bonds is 15. The first-order chi connectivity index (χ1) is 67.6. The first-order valence-electron chi connectivity index (χ1n) is 49.9. The summed E-state index contributed by atoms with van der Waals surface area (Å²) in [6.45, 7) is -0.499. The van der Waals surface area contributed by atoms with Crippen LogP contribution in [0, 0.1) is 23.7 Å². The van der Waals surface area contributed by atoms with E-state index in [0.717, 1.165) is 96.3 Å². The van der Waals surface area contributed by atoms with Gasteiger partial charge in [0.05, 0.1) is 28.2 Å². The van der Waals surface area contributed by atoms with E-state index in [2.05, 4.69) is 471 Å². The standard InChI is InChI=1S/C127H103B2N7/c1-11-44-86(45-12-1)98-64-33-39-74-112(98)131(92-56-23-7-24-57-92)97-80-122-125-123(81-97)135(113-75-40-34-65-99(113)87-46-13-2-14-47-87)115-77-42-38-73-109(115)129(125)111-83-107-117(85-119(111)134(122)95-62-29-10-30-63-95)136(126-100(88-48-15-3-16-49-88)68-43-69-101(126)89-50-17-4-18-51-89)116-84-118-110(82-106(116)127(107)104-70-35-31-66-102(104)103-67-32-36-71-105(103)127)128-108-72-37-41-76-114(108)132(93-58-25-8-26-59-93)120-78-96(79-121(124(120)128)133(118)94-60-27-9-28-61-94)130(90-52-19-5-20-53-90)91-54-21-6-22-55-91/h1-2,5-14,19-42,44-47,52-67,70-85,88-89,100-101,126H,3-4,15-18,43,48-51,68-69H2. The third-order valence-corrected chi connectivity index (χ3v) is 32.3. The van der Waals surface area contributed by atoms with Crippen LogP contribution in [0.1, 0.15) is 106 Å². The largest absolute Gasteiger partial charge is 0.337 e. The highest BCUT2D eigenvalue weighted by Crippen LogP contribution is 2.67. The van der Waals surface area contributed by atoms with E-state index in [4.69, 9.17) is 0 Å². The molecule has 0 aromatic heterocycles. The van der Waals surface area contributed by atoms with Gasteiger partial charge in [-0.15, -0.1) is 0 Å². The monoisotopic (exact) mass is 1750 g/mol. The first kappa shape index (κ1) is 80.3. The third-order valence-electron chi connectivity index (χ3n) is 32.3. The summed E-state index contributed by atoms with van der Waals surface area (Å²) in [5.41, 5.74) is 42.5. The number of para-hydroxylation sites is 10. The van der Waals surface area contributed by atoms with Crippen LogP contribution in [0.3, 0.4) is 0 Å². The fourth-order valence-corrected chi connectivity index (χ4v) is 26.9. The fourth-order valence-electron chi connectivity index (χ4n) is 26.9. The average Bonchev–Trinajstić information content (AvgIpc) is 1.42. The lowest BCUT2D eigenvalue weighted by atomic mass is 9.33. The van der Waals surface area contributed by atoms with Crippen molar-refractivity contribution in [1.29, 1.82) is 0 Å². The molecule has 0 N–H and O–H groups in total. The Labute approximate surface area is 799 Å². The van der Waals surface area contributed by atoms with Crippen molar-refractivity contribution in [1.82, 2.24) is 0 Å². The maximum Gasteiger partial charge on any atom is 0.252 e. The number of anilines is 20. The summed E-state index contributed by atoms with van der Waals surface area (Å²) in [5.74, 6) is 1.99. The van der Waals surface area contributed by atoms with Gasteiger partial charge in [0.25, 0.3) is 13.4 Å². The van der Waals surface area contributed by atoms with E-state index in [0.29, 0.717) is 23.7 Å². The van der Waals surface area contributed by atoms with Crippen molar-refractivity contribution in [3.63, 3.8) is 0 Å². The van der Waals surface area contributed by atoms with Gasteiger partial charge in [-0.2, -0.15) is 0 Å². The van der Waals surface area contributed by atoms with Crippen molar-refractivity contribution in [3.8, 4) is 33.4 Å². The Morgan fingerprint density at radius 2 is 0.559 bits per heavy atom. The molecular weight excluding hydrogens is 1650 g/mol. The Bertz CT molecular complexity index is 7510. The van der Waals surface area contributed by atoms with Crippen molar-refractivity contribution in [2.45, 2.75) is 94.9 Å². The zero-order chi connectivity index (χ0) is 89.5. The molecule has 18 aromatic rings. The van der Waals surface area contributed by atoms with E-state index in [1.165, 1.54) is 189 Å². The van der Waals surface area contributed by atoms with Crippen LogP contribution in [0.5, 0.6) is 0 Å². The molecule has 4 aliphatic carbocycles. The molecule has 2 unspecified atom stereocenters. The molecule has 5 aliphatic heterocycles. The van der Waals surface area contributed by atoms with Gasteiger partial charge in [-0.05, 0) is 247 Å². The molecule has 5 heterocycles. The lowest BCUT2D eigenvalue weighted by molar-refractivity contribution is 0.0834. The zero-order valence-electron chi connectivity index (χ0n) is 76.4. The molecule has 0 bridgehead atoms. The summed E-state index contributed by atoms with van der Waals surface area (Å²) in [6.07, 6.45) is 16.5. The highest BCUT2D eigenvalue weighted by molar-refractivity contribution is 7.01. The van der Waals surface area contributed by atoms with Crippen molar-refractivity contribution in [3.05, 3.63) is 459 Å². The Morgan fingerprint density at radius 3 is 1.01 bits per heavy atom. The Kier molecular flexibility index (Phi) is 19.6. The summed E-state index contributed by atoms with van der Waals surface area (Å²) in [4.78, 5) is 19.0. The van der Waals surface area contributed by atoms with Gasteiger partial charge in [-0.25, -0.2) is 0 Å². The topological polar surface area (TPSA) is 22.7 Å². The highest BCUT2D eigenvalue weighted by Gasteiger charge is 2.59. The summed E-state index contributed by atoms with van der Waals surface area (Å²) in [6, 6.07) is 169. The van der Waals surface area contributed by atoms with Crippen LogP contribution in [0.2, 0.25) is 0 Å². The maximum absolute atomic E-state index is 3.20. The predicted octanol–water partition coefficient (Wildman–Crippen LogP) is 29.9. The highest BCUT2D eigenvalue weighted by atomic mass is 15.3. The van der Waals surface area contributed by atoms with E-state index in [9.17, 15) is 0 Å². The van der Waals surface area contributed by atoms with Crippen LogP contribution < -0.4 is 67.1 Å². The second-order valence-corrected chi connectivity index (χ2v) is 39.2. The Hall–Kier alpha value is -15.3. The van der Waals surface area contributed by atoms with Gasteiger partial charge in [0.1, 0.15) is 0 Å². The second kappa shape index (κ2) is 33.1. The van der Waals surface area contributed by atoms with Gasteiger partial charge in [0.2, 0.25) is 0 Å². The molecule has 2 atom stereocenters. The summed E-state index contributed by atoms with van der Waals surface area (Å²) < 4.78 is 0. The molecule has 7 nitrogen and oxygen atoms in total. The fraction of sp³-hybridized carbons (Fsp3) is 0.150. The first-order valence-corrected chi connectivity index (χ1v) is 49.9. The van der Waals surface area contributed by atoms with Gasteiger partial charge < -0.3 is 34.3 Å². The molecule has 9 heteroatoms. The van der Waals surface area contributed by atoms with E-state index < -0.39 is 5.41 Å². The van der Waals surface area contributed by atoms with Crippen molar-refractivity contribution in [2.75, 3.05) is 34.3 Å². The molecule has 0 saturated heterocycles. The van der Waals surface area contributed by atoms with Crippen LogP contribution in [-0.4, -0.2) is 19.5 Å². The number of hydrogen-bond donors (Lipinski definition) is 0. The molecule has 136 heavy (non-hydrogen) atoms. The zero-order valence-corrected chi connectivity index (χ0v) is 76.4. The van der Waals surface area contributed by atoms with E-state index >= 15 is 0 Å². The molecule has 0 amide bonds. The molecule has 0 radical (unpaired) electrons. The van der Waals surface area contributed by atoms with Crippen LogP contribution in [-0.2, 0) is 5.41 Å². The SMILES string of the molecule is c1ccc(-c2ccccc2N(c2ccccc2)c2cc3c4c(c2)N(c2ccccc2-c2ccccc2)c2ccccc2B4c2cc4c(cc2N3c2ccccc2)N(C2C(C3CCCCC3)CCCC2C2CCCCC2)c2cc3c(cc2C42c4ccccc4-c4ccccc42)B2c4ccccc4N(c4ccccc4)c4cc(N(c5ccccc5)c5ccccc5)cc(c42)N3c2ccccc2)cc1. The molecule has 9 aliphatic rings. The molecule has 652 valence electrons. The van der Waals surface area contributed by atoms with Gasteiger partial charge in [-0.3, -0.25) is 0 Å². The van der Waals surface area contributed by atoms with Crippen LogP contribution in [0.25, 0.3) is 33.4 Å². The Morgan fingerprint density at radius 1 is 0.221 bits per heavy atom. The van der Waals surface area contributed by atoms with Gasteiger partial charge in [-0.1, -0.05) is 374 Å². The van der Waals surface area contributed by atoms with Crippen molar-refractivity contribution < 1.29 is 0 Å². The number of nitrogens with zero attached hydrogens (tertiary/aromatic N) is 7. The normalized spacial score (nSPS) is 17.3. The number of hydrogen-bond acceptors (Lipinski definition) is 7. The molecule has 3 fully saturated rings. The molecular formula is C127H103B2N7. The van der Waals surface area contributed by atoms with E-state index in [1.54, 1.807) is 0 Å². The summed E-state index contributed by atoms with van der Waals surface area (Å²) >= 11 is 0. The molecule has 18 aromatic carbocycles. The van der Waals surface area contributed by atoms with Crippen LogP contribution >= 0.6 is 0 Å². The lowest BCUT2D eigenvalue weighted by Gasteiger charge is -2.56. The van der Waals surface area contributed by atoms with Gasteiger partial charge >= 0.3 is 0 Å². The van der Waals surface area contributed by atoms with Crippen LogP contribution in [0.15, 0.2) is 437 Å². The van der Waals surface area contributed by atoms with Gasteiger partial charge in [0.15, 0.2) is 0 Å². The van der Waals surface area contributed by atoms with Crippen molar-refractivity contribution >= 4 is 160 Å². The minimum atomic E-state index is -0.893. The summed E-state index contributed by atoms with van der Waals surface area (Å²) in [5, 5.41) is 0. The predicted molar refractivity (Wildman–Crippen MR) is 572 cm³/mol. The minimum absolute atomic E-state index is 0.147. The quantitative estimate of drug-likeness (QED) is 0.0942. The van der Waals surface area contributed by atoms with E-state index in [1.807, 2.05) is 0 Å². The third kappa shape index (κ3) is 12.6. The van der Waals surface area contributed by atoms with Crippen LogP contribution in [0.4, 0.5) is 114 Å². The smallest absolute Gasteiger partial charge is 0.252 e. The van der Waals surface area contributed by atoms with Gasteiger partial charge in [0, 0.05) is 108 Å². The maximum atomic E-state index is 3.20. The lowest BCUT2D eigenvalue weighted by Crippen LogP contribution is -2.62. The second-order valence-electron chi connectivity index (χ2n) is 39.2. The average molecular weight is 1750 g/mol. The minimum Gasteiger partial charge on any atom is -0.337 e. The number of benzene rings is 18. The summed E-state index contributed by atoms with van der Waals surface area (Å²) in [7, 11) is 0. The molecule has 3 saturated carbocycles. The molecule has 27 rings (SSSR count).